The number of aldehydes is 1. The topological polar surface area (TPSA) is 46.2 Å². The summed E-state index contributed by atoms with van der Waals surface area (Å²) in [4.78, 5) is 21.8. The van der Waals surface area contributed by atoms with Crippen LogP contribution in [0.3, 0.4) is 0 Å². The van der Waals surface area contributed by atoms with Crippen LogP contribution in [0.5, 0.6) is 0 Å². The van der Waals surface area contributed by atoms with Crippen LogP contribution in [0.2, 0.25) is 0 Å². The van der Waals surface area contributed by atoms with E-state index in [1.54, 1.807) is 6.92 Å². The van der Waals surface area contributed by atoms with Crippen molar-refractivity contribution in [2.45, 2.75) is 58.9 Å². The first-order valence-electron chi connectivity index (χ1n) is 5.88. The van der Waals surface area contributed by atoms with Crippen LogP contribution in [0.1, 0.15) is 52.9 Å². The Balaban J connectivity index is 3.84. The van der Waals surface area contributed by atoms with Crippen molar-refractivity contribution in [2.75, 3.05) is 0 Å². The maximum Gasteiger partial charge on any atom is 0.220 e. The number of nitrogens with one attached hydrogen (secondary N) is 1. The Morgan fingerprint density at radius 3 is 2.53 bits per heavy atom. The first-order valence-corrected chi connectivity index (χ1v) is 5.88. The molecule has 0 aromatic carbocycles. The Morgan fingerprint density at radius 1 is 1.40 bits per heavy atom. The zero-order chi connectivity index (χ0) is 11.7. The quantitative estimate of drug-likeness (QED) is 0.629. The lowest BCUT2D eigenvalue weighted by atomic mass is 9.95. The van der Waals surface area contributed by atoms with Crippen molar-refractivity contribution in [1.82, 2.24) is 5.32 Å². The Hall–Kier alpha value is -0.860. The summed E-state index contributed by atoms with van der Waals surface area (Å²) < 4.78 is 0. The van der Waals surface area contributed by atoms with Gasteiger partial charge in [-0.2, -0.15) is 0 Å². The van der Waals surface area contributed by atoms with E-state index in [0.717, 1.165) is 19.1 Å². The molecule has 88 valence electrons. The van der Waals surface area contributed by atoms with Gasteiger partial charge in [-0.15, -0.1) is 0 Å². The van der Waals surface area contributed by atoms with Crippen LogP contribution >= 0.6 is 0 Å². The number of rotatable bonds is 8. The van der Waals surface area contributed by atoms with E-state index in [4.69, 9.17) is 0 Å². The highest BCUT2D eigenvalue weighted by molar-refractivity contribution is 5.79. The third kappa shape index (κ3) is 7.11. The van der Waals surface area contributed by atoms with Gasteiger partial charge in [0.05, 0.1) is 6.04 Å². The number of hydrogen-bond donors (Lipinski definition) is 1. The third-order valence-electron chi connectivity index (χ3n) is 2.61. The van der Waals surface area contributed by atoms with Crippen LogP contribution in [0.25, 0.3) is 0 Å². The normalized spacial score (nSPS) is 14.3. The van der Waals surface area contributed by atoms with Gasteiger partial charge in [0.2, 0.25) is 5.91 Å². The van der Waals surface area contributed by atoms with Gasteiger partial charge >= 0.3 is 0 Å². The Morgan fingerprint density at radius 2 is 2.07 bits per heavy atom. The number of carbonyl (C=O) groups is 2. The maximum absolute atomic E-state index is 11.5. The largest absolute Gasteiger partial charge is 0.347 e. The van der Waals surface area contributed by atoms with Crippen LogP contribution < -0.4 is 5.32 Å². The highest BCUT2D eigenvalue weighted by Crippen LogP contribution is 2.16. The molecule has 0 saturated carbocycles. The first kappa shape index (κ1) is 14.1. The minimum atomic E-state index is -0.360. The molecule has 1 amide bonds. The standard InChI is InChI=1S/C12H23NO2/c1-4-6-7-11(5-2)8-12(15)13-10(3)9-14/h9-11H,4-8H2,1-3H3,(H,13,15). The smallest absolute Gasteiger partial charge is 0.220 e. The van der Waals surface area contributed by atoms with Gasteiger partial charge in [0.25, 0.3) is 0 Å². The molecule has 0 fully saturated rings. The SMILES string of the molecule is CCCCC(CC)CC(=O)NC(C)C=O. The Bertz CT molecular complexity index is 192. The van der Waals surface area contributed by atoms with E-state index in [-0.39, 0.29) is 11.9 Å². The van der Waals surface area contributed by atoms with Gasteiger partial charge in [-0.05, 0) is 19.3 Å². The summed E-state index contributed by atoms with van der Waals surface area (Å²) in [5, 5.41) is 2.66. The van der Waals surface area contributed by atoms with E-state index >= 15 is 0 Å². The monoisotopic (exact) mass is 213 g/mol. The van der Waals surface area contributed by atoms with Crippen LogP contribution in [0.15, 0.2) is 0 Å². The molecule has 0 rings (SSSR count). The van der Waals surface area contributed by atoms with Crippen molar-refractivity contribution in [3.05, 3.63) is 0 Å². The van der Waals surface area contributed by atoms with Crippen molar-refractivity contribution >= 4 is 12.2 Å². The van der Waals surface area contributed by atoms with Gasteiger partial charge in [-0.3, -0.25) is 4.79 Å². The molecule has 0 aliphatic rings. The van der Waals surface area contributed by atoms with Crippen molar-refractivity contribution in [1.29, 1.82) is 0 Å². The summed E-state index contributed by atoms with van der Waals surface area (Å²) in [5.41, 5.74) is 0. The lowest BCUT2D eigenvalue weighted by Crippen LogP contribution is -2.34. The predicted octanol–water partition coefficient (Wildman–Crippen LogP) is 2.30. The molecular formula is C12H23NO2. The predicted molar refractivity (Wildman–Crippen MR) is 61.6 cm³/mol. The number of carbonyl (C=O) groups excluding carboxylic acids is 2. The minimum Gasteiger partial charge on any atom is -0.347 e. The zero-order valence-corrected chi connectivity index (χ0v) is 10.1. The number of unbranched alkanes of at least 4 members (excludes halogenated alkanes) is 1. The summed E-state index contributed by atoms with van der Waals surface area (Å²) >= 11 is 0. The van der Waals surface area contributed by atoms with Gasteiger partial charge in [-0.25, -0.2) is 0 Å². The molecule has 3 heteroatoms. The lowest BCUT2D eigenvalue weighted by molar-refractivity contribution is -0.124. The lowest BCUT2D eigenvalue weighted by Gasteiger charge is -2.15. The van der Waals surface area contributed by atoms with Gasteiger partial charge in [-0.1, -0.05) is 33.1 Å². The number of amides is 1. The Labute approximate surface area is 92.6 Å². The van der Waals surface area contributed by atoms with E-state index in [1.807, 2.05) is 0 Å². The summed E-state index contributed by atoms with van der Waals surface area (Å²) in [6, 6.07) is -0.360. The second kappa shape index (κ2) is 8.45. The van der Waals surface area contributed by atoms with Crippen molar-refractivity contribution in [2.24, 2.45) is 5.92 Å². The summed E-state index contributed by atoms with van der Waals surface area (Å²) in [6.45, 7) is 5.95. The molecule has 0 aliphatic carbocycles. The molecule has 0 radical (unpaired) electrons. The molecule has 0 aromatic heterocycles. The molecule has 0 aromatic rings. The summed E-state index contributed by atoms with van der Waals surface area (Å²) in [6.07, 6.45) is 5.79. The maximum atomic E-state index is 11.5. The van der Waals surface area contributed by atoms with Crippen molar-refractivity contribution in [3.8, 4) is 0 Å². The molecule has 0 heterocycles. The molecule has 1 N–H and O–H groups in total. The highest BCUT2D eigenvalue weighted by Gasteiger charge is 2.12. The molecule has 3 nitrogen and oxygen atoms in total. The van der Waals surface area contributed by atoms with E-state index in [0.29, 0.717) is 12.3 Å². The molecule has 0 saturated heterocycles. The zero-order valence-electron chi connectivity index (χ0n) is 10.1. The van der Waals surface area contributed by atoms with Crippen LogP contribution in [-0.2, 0) is 9.59 Å². The molecule has 2 atom stereocenters. The van der Waals surface area contributed by atoms with E-state index in [2.05, 4.69) is 19.2 Å². The molecule has 15 heavy (non-hydrogen) atoms. The fourth-order valence-electron chi connectivity index (χ4n) is 1.55. The van der Waals surface area contributed by atoms with E-state index < -0.39 is 0 Å². The molecular weight excluding hydrogens is 190 g/mol. The summed E-state index contributed by atoms with van der Waals surface area (Å²) in [5.74, 6) is 0.460. The minimum absolute atomic E-state index is 0.00227. The Kier molecular flexibility index (Phi) is 7.96. The molecule has 0 aliphatic heterocycles. The fraction of sp³-hybridized carbons (Fsp3) is 0.833. The highest BCUT2D eigenvalue weighted by atomic mass is 16.2. The summed E-state index contributed by atoms with van der Waals surface area (Å²) in [7, 11) is 0. The number of hydrogen-bond acceptors (Lipinski definition) is 2. The van der Waals surface area contributed by atoms with Crippen LogP contribution in [0.4, 0.5) is 0 Å². The van der Waals surface area contributed by atoms with Crippen LogP contribution in [-0.4, -0.2) is 18.2 Å². The van der Waals surface area contributed by atoms with Crippen LogP contribution in [0, 0.1) is 5.92 Å². The van der Waals surface area contributed by atoms with Crippen molar-refractivity contribution < 1.29 is 9.59 Å². The average Bonchev–Trinajstić information content (AvgIpc) is 2.23. The molecule has 2 unspecified atom stereocenters. The second-order valence-electron chi connectivity index (χ2n) is 4.11. The van der Waals surface area contributed by atoms with Gasteiger partial charge in [0.15, 0.2) is 0 Å². The van der Waals surface area contributed by atoms with Gasteiger partial charge in [0, 0.05) is 6.42 Å². The van der Waals surface area contributed by atoms with Gasteiger partial charge in [0.1, 0.15) is 6.29 Å². The molecule has 0 spiro atoms. The average molecular weight is 213 g/mol. The van der Waals surface area contributed by atoms with Gasteiger partial charge < -0.3 is 10.1 Å². The van der Waals surface area contributed by atoms with E-state index in [1.165, 1.54) is 12.8 Å². The second-order valence-corrected chi connectivity index (χ2v) is 4.11. The fourth-order valence-corrected chi connectivity index (χ4v) is 1.55. The third-order valence-corrected chi connectivity index (χ3v) is 2.61. The van der Waals surface area contributed by atoms with E-state index in [9.17, 15) is 9.59 Å². The first-order chi connectivity index (χ1) is 7.13. The van der Waals surface area contributed by atoms with Crippen molar-refractivity contribution in [3.63, 3.8) is 0 Å². The molecule has 0 bridgehead atoms.